The highest BCUT2D eigenvalue weighted by Gasteiger charge is 2.19. The second kappa shape index (κ2) is 4.96. The number of hydrogen-bond acceptors (Lipinski definition) is 2. The number of rotatable bonds is 4. The van der Waals surface area contributed by atoms with E-state index in [4.69, 9.17) is 11.6 Å². The zero-order valence-electron chi connectivity index (χ0n) is 8.77. The van der Waals surface area contributed by atoms with Gasteiger partial charge in [-0.3, -0.25) is 0 Å². The SMILES string of the molecule is CCCN(C)S(=O)(=O)c1cccc(Cl)c1. The highest BCUT2D eigenvalue weighted by molar-refractivity contribution is 7.89. The van der Waals surface area contributed by atoms with Gasteiger partial charge in [-0.2, -0.15) is 0 Å². The second-order valence-corrected chi connectivity index (χ2v) is 5.77. The third kappa shape index (κ3) is 2.93. The topological polar surface area (TPSA) is 37.4 Å². The number of sulfonamides is 1. The molecule has 0 saturated carbocycles. The van der Waals surface area contributed by atoms with E-state index in [2.05, 4.69) is 0 Å². The maximum Gasteiger partial charge on any atom is 0.242 e. The van der Waals surface area contributed by atoms with E-state index >= 15 is 0 Å². The van der Waals surface area contributed by atoms with Gasteiger partial charge in [0.1, 0.15) is 0 Å². The second-order valence-electron chi connectivity index (χ2n) is 3.28. The fourth-order valence-electron chi connectivity index (χ4n) is 1.24. The van der Waals surface area contributed by atoms with Crippen molar-refractivity contribution in [1.29, 1.82) is 0 Å². The molecule has 0 bridgehead atoms. The Morgan fingerprint density at radius 3 is 2.60 bits per heavy atom. The molecule has 0 atom stereocenters. The minimum atomic E-state index is -3.37. The van der Waals surface area contributed by atoms with Gasteiger partial charge in [0.2, 0.25) is 10.0 Å². The average Bonchev–Trinajstić information content (AvgIpc) is 2.18. The van der Waals surface area contributed by atoms with E-state index in [1.54, 1.807) is 25.2 Å². The number of hydrogen-bond donors (Lipinski definition) is 0. The van der Waals surface area contributed by atoms with Crippen LogP contribution in [-0.4, -0.2) is 26.3 Å². The van der Waals surface area contributed by atoms with Crippen molar-refractivity contribution in [2.75, 3.05) is 13.6 Å². The molecule has 0 spiro atoms. The largest absolute Gasteiger partial charge is 0.242 e. The first-order valence-electron chi connectivity index (χ1n) is 4.70. The van der Waals surface area contributed by atoms with Gasteiger partial charge in [-0.25, -0.2) is 12.7 Å². The van der Waals surface area contributed by atoms with Crippen molar-refractivity contribution in [1.82, 2.24) is 4.31 Å². The van der Waals surface area contributed by atoms with E-state index in [1.165, 1.54) is 10.4 Å². The summed E-state index contributed by atoms with van der Waals surface area (Å²) in [5, 5.41) is 0.431. The van der Waals surface area contributed by atoms with Crippen LogP contribution >= 0.6 is 11.6 Å². The lowest BCUT2D eigenvalue weighted by Gasteiger charge is -2.16. The summed E-state index contributed by atoms with van der Waals surface area (Å²) in [4.78, 5) is 0.242. The Morgan fingerprint density at radius 2 is 2.07 bits per heavy atom. The molecular formula is C10H14ClNO2S. The van der Waals surface area contributed by atoms with Gasteiger partial charge in [0.25, 0.3) is 0 Å². The van der Waals surface area contributed by atoms with Gasteiger partial charge in [-0.15, -0.1) is 0 Å². The van der Waals surface area contributed by atoms with Crippen LogP contribution in [0.15, 0.2) is 29.2 Å². The number of nitrogens with zero attached hydrogens (tertiary/aromatic N) is 1. The Kier molecular flexibility index (Phi) is 4.13. The van der Waals surface area contributed by atoms with Crippen LogP contribution in [-0.2, 0) is 10.0 Å². The van der Waals surface area contributed by atoms with Crippen LogP contribution < -0.4 is 0 Å². The molecule has 15 heavy (non-hydrogen) atoms. The molecule has 0 unspecified atom stereocenters. The van der Waals surface area contributed by atoms with Gasteiger partial charge in [0, 0.05) is 18.6 Å². The standard InChI is InChI=1S/C10H14ClNO2S/c1-3-7-12(2)15(13,14)10-6-4-5-9(11)8-10/h4-6,8H,3,7H2,1-2H3. The Morgan fingerprint density at radius 1 is 1.40 bits per heavy atom. The summed E-state index contributed by atoms with van der Waals surface area (Å²) in [5.41, 5.74) is 0. The molecule has 84 valence electrons. The van der Waals surface area contributed by atoms with Crippen molar-refractivity contribution in [2.24, 2.45) is 0 Å². The number of halogens is 1. The normalized spacial score (nSPS) is 12.0. The zero-order chi connectivity index (χ0) is 11.5. The molecule has 0 aliphatic rings. The molecule has 1 aromatic carbocycles. The van der Waals surface area contributed by atoms with Gasteiger partial charge in [0.05, 0.1) is 4.90 Å². The van der Waals surface area contributed by atoms with Crippen LogP contribution in [0.1, 0.15) is 13.3 Å². The highest BCUT2D eigenvalue weighted by Crippen LogP contribution is 2.18. The van der Waals surface area contributed by atoms with Gasteiger partial charge in [-0.05, 0) is 24.6 Å². The lowest BCUT2D eigenvalue weighted by atomic mass is 10.4. The third-order valence-electron chi connectivity index (χ3n) is 2.04. The molecule has 1 rings (SSSR count). The van der Waals surface area contributed by atoms with Crippen molar-refractivity contribution in [2.45, 2.75) is 18.2 Å². The van der Waals surface area contributed by atoms with Gasteiger partial charge < -0.3 is 0 Å². The molecule has 0 amide bonds. The maximum atomic E-state index is 11.9. The smallest absolute Gasteiger partial charge is 0.207 e. The quantitative estimate of drug-likeness (QED) is 0.819. The zero-order valence-corrected chi connectivity index (χ0v) is 10.3. The van der Waals surface area contributed by atoms with Crippen LogP contribution in [0, 0.1) is 0 Å². The van der Waals surface area contributed by atoms with E-state index in [1.807, 2.05) is 6.92 Å². The molecule has 0 heterocycles. The molecular weight excluding hydrogens is 234 g/mol. The maximum absolute atomic E-state index is 11.9. The monoisotopic (exact) mass is 247 g/mol. The summed E-state index contributed by atoms with van der Waals surface area (Å²) in [6.45, 7) is 2.44. The summed E-state index contributed by atoms with van der Waals surface area (Å²) < 4.78 is 25.2. The first-order chi connectivity index (χ1) is 6.98. The Labute approximate surface area is 95.7 Å². The van der Waals surface area contributed by atoms with Crippen LogP contribution in [0.4, 0.5) is 0 Å². The molecule has 0 N–H and O–H groups in total. The molecule has 0 aromatic heterocycles. The van der Waals surface area contributed by atoms with Crippen molar-refractivity contribution in [3.63, 3.8) is 0 Å². The predicted molar refractivity (Wildman–Crippen MR) is 61.6 cm³/mol. The Bertz CT molecular complexity index is 431. The molecule has 3 nitrogen and oxygen atoms in total. The van der Waals surface area contributed by atoms with E-state index in [9.17, 15) is 8.42 Å². The third-order valence-corrected chi connectivity index (χ3v) is 4.13. The lowest BCUT2D eigenvalue weighted by Crippen LogP contribution is -2.27. The Hall–Kier alpha value is -0.580. The van der Waals surface area contributed by atoms with Gasteiger partial charge in [-0.1, -0.05) is 24.6 Å². The minimum absolute atomic E-state index is 0.242. The average molecular weight is 248 g/mol. The van der Waals surface area contributed by atoms with Crippen molar-refractivity contribution < 1.29 is 8.42 Å². The fourth-order valence-corrected chi connectivity index (χ4v) is 2.81. The molecule has 5 heteroatoms. The van der Waals surface area contributed by atoms with Gasteiger partial charge >= 0.3 is 0 Å². The highest BCUT2D eigenvalue weighted by atomic mass is 35.5. The van der Waals surface area contributed by atoms with Crippen molar-refractivity contribution >= 4 is 21.6 Å². The first-order valence-corrected chi connectivity index (χ1v) is 6.52. The summed E-state index contributed by atoms with van der Waals surface area (Å²) >= 11 is 5.75. The predicted octanol–water partition coefficient (Wildman–Crippen LogP) is 2.37. The van der Waals surface area contributed by atoms with E-state index < -0.39 is 10.0 Å². The van der Waals surface area contributed by atoms with Crippen LogP contribution in [0.5, 0.6) is 0 Å². The summed E-state index contributed by atoms with van der Waals surface area (Å²) in [7, 11) is -1.81. The first kappa shape index (κ1) is 12.5. The lowest BCUT2D eigenvalue weighted by molar-refractivity contribution is 0.468. The molecule has 0 saturated heterocycles. The molecule has 0 fully saturated rings. The summed E-state index contributed by atoms with van der Waals surface area (Å²) in [6.07, 6.45) is 0.788. The molecule has 0 aliphatic heterocycles. The fraction of sp³-hybridized carbons (Fsp3) is 0.400. The van der Waals surface area contributed by atoms with Crippen LogP contribution in [0.25, 0.3) is 0 Å². The molecule has 0 radical (unpaired) electrons. The summed E-state index contributed by atoms with van der Waals surface area (Å²) in [5.74, 6) is 0. The van der Waals surface area contributed by atoms with Gasteiger partial charge in [0.15, 0.2) is 0 Å². The van der Waals surface area contributed by atoms with Crippen molar-refractivity contribution in [3.8, 4) is 0 Å². The van der Waals surface area contributed by atoms with E-state index in [0.29, 0.717) is 11.6 Å². The molecule has 0 aliphatic carbocycles. The van der Waals surface area contributed by atoms with Crippen LogP contribution in [0.3, 0.4) is 0 Å². The minimum Gasteiger partial charge on any atom is -0.207 e. The number of benzene rings is 1. The van der Waals surface area contributed by atoms with E-state index in [-0.39, 0.29) is 4.90 Å². The van der Waals surface area contributed by atoms with Crippen LogP contribution in [0.2, 0.25) is 5.02 Å². The van der Waals surface area contributed by atoms with E-state index in [0.717, 1.165) is 6.42 Å². The van der Waals surface area contributed by atoms with Crippen molar-refractivity contribution in [3.05, 3.63) is 29.3 Å². The summed E-state index contributed by atoms with van der Waals surface area (Å²) in [6, 6.07) is 6.30. The molecule has 1 aromatic rings. The Balaban J connectivity index is 3.06.